The second-order valence-corrected chi connectivity index (χ2v) is 9.09. The second kappa shape index (κ2) is 7.56. The van der Waals surface area contributed by atoms with Crippen LogP contribution in [0.5, 0.6) is 0 Å². The molecule has 0 N–H and O–H groups in total. The minimum atomic E-state index is -1.19. The van der Waals surface area contributed by atoms with Crippen LogP contribution in [0.15, 0.2) is 0 Å². The molecule has 1 aliphatic heterocycles. The first-order valence-electron chi connectivity index (χ1n) is 9.46. The standard InChI is InChI=1S/C19H32N2O6/c1-18(2,3)26-16(23)20-12-10-8-9-11-13(12)21(14(20)15(22)25-7)17(24)27-19(4,5)6/h12-14H,8-11H2,1-7H3/t12-,13-/m1/s1. The quantitative estimate of drug-likeness (QED) is 0.509. The van der Waals surface area contributed by atoms with E-state index in [0.717, 1.165) is 12.8 Å². The molecule has 27 heavy (non-hydrogen) atoms. The summed E-state index contributed by atoms with van der Waals surface area (Å²) in [6.07, 6.45) is 0.773. The normalized spacial score (nSPS) is 23.7. The molecule has 8 heteroatoms. The van der Waals surface area contributed by atoms with Crippen molar-refractivity contribution in [1.29, 1.82) is 0 Å². The van der Waals surface area contributed by atoms with E-state index in [1.54, 1.807) is 41.5 Å². The number of methoxy groups -OCH3 is 1. The Hall–Kier alpha value is -1.99. The van der Waals surface area contributed by atoms with Crippen LogP contribution in [0.25, 0.3) is 0 Å². The van der Waals surface area contributed by atoms with Crippen molar-refractivity contribution in [2.45, 2.75) is 96.7 Å². The van der Waals surface area contributed by atoms with Crippen molar-refractivity contribution in [2.75, 3.05) is 7.11 Å². The van der Waals surface area contributed by atoms with Crippen LogP contribution in [0.3, 0.4) is 0 Å². The average Bonchev–Trinajstić information content (AvgIpc) is 2.86. The van der Waals surface area contributed by atoms with Gasteiger partial charge in [0, 0.05) is 0 Å². The minimum absolute atomic E-state index is 0.301. The zero-order valence-electron chi connectivity index (χ0n) is 17.4. The molecule has 0 aromatic carbocycles. The van der Waals surface area contributed by atoms with Gasteiger partial charge < -0.3 is 14.2 Å². The highest BCUT2D eigenvalue weighted by molar-refractivity contribution is 5.87. The summed E-state index contributed by atoms with van der Waals surface area (Å²) in [5.74, 6) is -0.680. The predicted octanol–water partition coefficient (Wildman–Crippen LogP) is 3.28. The third-order valence-electron chi connectivity index (χ3n) is 4.56. The molecule has 2 aliphatic rings. The van der Waals surface area contributed by atoms with Crippen LogP contribution in [0.4, 0.5) is 9.59 Å². The van der Waals surface area contributed by atoms with Gasteiger partial charge in [-0.25, -0.2) is 14.4 Å². The largest absolute Gasteiger partial charge is 0.466 e. The van der Waals surface area contributed by atoms with Crippen molar-refractivity contribution in [3.05, 3.63) is 0 Å². The zero-order valence-corrected chi connectivity index (χ0v) is 17.4. The molecule has 0 aromatic rings. The molecule has 0 bridgehead atoms. The van der Waals surface area contributed by atoms with Crippen molar-refractivity contribution in [3.63, 3.8) is 0 Å². The van der Waals surface area contributed by atoms with Gasteiger partial charge in [-0.3, -0.25) is 9.80 Å². The average molecular weight is 384 g/mol. The highest BCUT2D eigenvalue weighted by Gasteiger charge is 2.57. The summed E-state index contributed by atoms with van der Waals surface area (Å²) < 4.78 is 16.0. The fourth-order valence-electron chi connectivity index (χ4n) is 3.67. The van der Waals surface area contributed by atoms with Gasteiger partial charge in [-0.15, -0.1) is 0 Å². The molecule has 1 aliphatic carbocycles. The molecule has 2 fully saturated rings. The van der Waals surface area contributed by atoms with Crippen LogP contribution in [0.1, 0.15) is 67.2 Å². The number of amides is 2. The lowest BCUT2D eigenvalue weighted by Gasteiger charge is -2.32. The molecule has 0 spiro atoms. The maximum absolute atomic E-state index is 12.9. The molecule has 1 heterocycles. The third-order valence-corrected chi connectivity index (χ3v) is 4.56. The number of ether oxygens (including phenoxy) is 3. The van der Waals surface area contributed by atoms with E-state index >= 15 is 0 Å². The molecule has 0 aromatic heterocycles. The Bertz CT molecular complexity index is 548. The summed E-state index contributed by atoms with van der Waals surface area (Å²) in [5, 5.41) is 0. The van der Waals surface area contributed by atoms with Crippen LogP contribution >= 0.6 is 0 Å². The maximum Gasteiger partial charge on any atom is 0.412 e. The summed E-state index contributed by atoms with van der Waals surface area (Å²) in [7, 11) is 1.24. The predicted molar refractivity (Wildman–Crippen MR) is 98.0 cm³/mol. The number of carbonyl (C=O) groups is 3. The van der Waals surface area contributed by atoms with E-state index in [-0.39, 0.29) is 12.1 Å². The van der Waals surface area contributed by atoms with Gasteiger partial charge in [0.1, 0.15) is 11.2 Å². The first kappa shape index (κ1) is 21.3. The fraction of sp³-hybridized carbons (Fsp3) is 0.842. The van der Waals surface area contributed by atoms with E-state index < -0.39 is 35.5 Å². The Morgan fingerprint density at radius 1 is 0.778 bits per heavy atom. The van der Waals surface area contributed by atoms with Gasteiger partial charge in [0.05, 0.1) is 19.2 Å². The topological polar surface area (TPSA) is 85.4 Å². The monoisotopic (exact) mass is 384 g/mol. The third kappa shape index (κ3) is 4.84. The Balaban J connectivity index is 2.43. The van der Waals surface area contributed by atoms with Gasteiger partial charge in [-0.05, 0) is 54.4 Å². The number of carbonyl (C=O) groups excluding carboxylic acids is 3. The van der Waals surface area contributed by atoms with E-state index in [1.807, 2.05) is 0 Å². The summed E-state index contributed by atoms with van der Waals surface area (Å²) >= 11 is 0. The molecule has 2 rings (SSSR count). The lowest BCUT2D eigenvalue weighted by atomic mass is 9.90. The summed E-state index contributed by atoms with van der Waals surface area (Å²) in [6.45, 7) is 10.6. The molecule has 1 saturated carbocycles. The van der Waals surface area contributed by atoms with Gasteiger partial charge in [0.2, 0.25) is 6.17 Å². The number of hydrogen-bond donors (Lipinski definition) is 0. The first-order chi connectivity index (χ1) is 12.4. The van der Waals surface area contributed by atoms with Crippen LogP contribution in [0, 0.1) is 0 Å². The van der Waals surface area contributed by atoms with Crippen LogP contribution < -0.4 is 0 Å². The van der Waals surface area contributed by atoms with E-state index in [1.165, 1.54) is 16.9 Å². The van der Waals surface area contributed by atoms with E-state index in [9.17, 15) is 14.4 Å². The molecule has 154 valence electrons. The van der Waals surface area contributed by atoms with Gasteiger partial charge in [-0.1, -0.05) is 12.8 Å². The van der Waals surface area contributed by atoms with Gasteiger partial charge in [0.25, 0.3) is 0 Å². The molecule has 2 amide bonds. The van der Waals surface area contributed by atoms with Crippen molar-refractivity contribution >= 4 is 18.2 Å². The highest BCUT2D eigenvalue weighted by atomic mass is 16.6. The zero-order chi connectivity index (χ0) is 20.6. The number of nitrogens with zero attached hydrogens (tertiary/aromatic N) is 2. The minimum Gasteiger partial charge on any atom is -0.466 e. The maximum atomic E-state index is 12.9. The van der Waals surface area contributed by atoms with Crippen molar-refractivity contribution in [3.8, 4) is 0 Å². The number of esters is 1. The van der Waals surface area contributed by atoms with Crippen LogP contribution in [-0.4, -0.2) is 64.5 Å². The van der Waals surface area contributed by atoms with Gasteiger partial charge >= 0.3 is 18.2 Å². The van der Waals surface area contributed by atoms with Crippen LogP contribution in [-0.2, 0) is 19.0 Å². The smallest absolute Gasteiger partial charge is 0.412 e. The van der Waals surface area contributed by atoms with E-state index in [0.29, 0.717) is 12.8 Å². The first-order valence-corrected chi connectivity index (χ1v) is 9.46. The lowest BCUT2D eigenvalue weighted by Crippen LogP contribution is -2.53. The second-order valence-electron chi connectivity index (χ2n) is 9.09. The fourth-order valence-corrected chi connectivity index (χ4v) is 3.67. The summed E-state index contributed by atoms with van der Waals surface area (Å²) in [5.41, 5.74) is -1.44. The number of hydrogen-bond acceptors (Lipinski definition) is 6. The molecule has 2 atom stereocenters. The van der Waals surface area contributed by atoms with Crippen molar-refractivity contribution in [1.82, 2.24) is 9.80 Å². The molecule has 0 radical (unpaired) electrons. The van der Waals surface area contributed by atoms with Crippen molar-refractivity contribution in [2.24, 2.45) is 0 Å². The van der Waals surface area contributed by atoms with Crippen LogP contribution in [0.2, 0.25) is 0 Å². The lowest BCUT2D eigenvalue weighted by molar-refractivity contribution is -0.151. The summed E-state index contributed by atoms with van der Waals surface area (Å²) in [4.78, 5) is 41.2. The Morgan fingerprint density at radius 2 is 1.15 bits per heavy atom. The van der Waals surface area contributed by atoms with Gasteiger partial charge in [-0.2, -0.15) is 0 Å². The Morgan fingerprint density at radius 3 is 1.44 bits per heavy atom. The molecule has 0 unspecified atom stereocenters. The highest BCUT2D eigenvalue weighted by Crippen LogP contribution is 2.38. The molecular formula is C19H32N2O6. The Kier molecular flexibility index (Phi) is 5.97. The number of rotatable bonds is 1. The SMILES string of the molecule is COC(=O)C1N(C(=O)OC(C)(C)C)[C@@H]2CCCC[C@H]2N1C(=O)OC(C)(C)C. The number of fused-ring (bicyclic) bond motifs is 1. The summed E-state index contributed by atoms with van der Waals surface area (Å²) in [6, 6.07) is -0.601. The molecular weight excluding hydrogens is 352 g/mol. The molecule has 1 saturated heterocycles. The van der Waals surface area contributed by atoms with Crippen molar-refractivity contribution < 1.29 is 28.6 Å². The van der Waals surface area contributed by atoms with E-state index in [4.69, 9.17) is 14.2 Å². The Labute approximate surface area is 161 Å². The van der Waals surface area contributed by atoms with E-state index in [2.05, 4.69) is 0 Å². The van der Waals surface area contributed by atoms with Gasteiger partial charge in [0.15, 0.2) is 0 Å². The molecule has 8 nitrogen and oxygen atoms in total.